The summed E-state index contributed by atoms with van der Waals surface area (Å²) < 4.78 is 0.977. The SMILES string of the molecule is Cc1cc(C)cc(CC(N)c2ccc(Br)cn2)c1. The molecule has 1 heterocycles. The lowest BCUT2D eigenvalue weighted by Gasteiger charge is -2.12. The molecule has 1 unspecified atom stereocenters. The number of nitrogens with zero attached hydrogens (tertiary/aromatic N) is 1. The van der Waals surface area contributed by atoms with Gasteiger partial charge in [-0.1, -0.05) is 29.3 Å². The van der Waals surface area contributed by atoms with E-state index in [0.29, 0.717) is 0 Å². The molecule has 0 radical (unpaired) electrons. The molecule has 0 bridgehead atoms. The normalized spacial score (nSPS) is 12.4. The summed E-state index contributed by atoms with van der Waals surface area (Å²) in [4.78, 5) is 4.35. The first-order chi connectivity index (χ1) is 8.54. The van der Waals surface area contributed by atoms with E-state index in [4.69, 9.17) is 5.73 Å². The molecule has 0 aliphatic carbocycles. The van der Waals surface area contributed by atoms with E-state index in [-0.39, 0.29) is 6.04 Å². The molecule has 1 aromatic carbocycles. The van der Waals surface area contributed by atoms with Gasteiger partial charge in [0.2, 0.25) is 0 Å². The smallest absolute Gasteiger partial charge is 0.0575 e. The molecule has 0 aliphatic heterocycles. The predicted molar refractivity (Wildman–Crippen MR) is 78.5 cm³/mol. The third-order valence-corrected chi connectivity index (χ3v) is 3.34. The summed E-state index contributed by atoms with van der Waals surface area (Å²) in [5.74, 6) is 0. The first kappa shape index (κ1) is 13.2. The second-order valence-electron chi connectivity index (χ2n) is 4.71. The predicted octanol–water partition coefficient (Wildman–Crippen LogP) is 3.70. The van der Waals surface area contributed by atoms with Gasteiger partial charge in [0.25, 0.3) is 0 Å². The highest BCUT2D eigenvalue weighted by molar-refractivity contribution is 9.10. The van der Waals surface area contributed by atoms with E-state index in [1.54, 1.807) is 6.20 Å². The number of pyridine rings is 1. The van der Waals surface area contributed by atoms with E-state index in [0.717, 1.165) is 16.6 Å². The second-order valence-corrected chi connectivity index (χ2v) is 5.62. The van der Waals surface area contributed by atoms with Crippen LogP contribution in [0.15, 0.2) is 41.0 Å². The van der Waals surface area contributed by atoms with Crippen LogP contribution in [0.4, 0.5) is 0 Å². The average Bonchev–Trinajstić information content (AvgIpc) is 2.28. The van der Waals surface area contributed by atoms with Crippen LogP contribution in [-0.2, 0) is 6.42 Å². The van der Waals surface area contributed by atoms with Gasteiger partial charge < -0.3 is 5.73 Å². The number of halogens is 1. The fourth-order valence-corrected chi connectivity index (χ4v) is 2.39. The minimum Gasteiger partial charge on any atom is -0.322 e. The van der Waals surface area contributed by atoms with Crippen LogP contribution in [0.3, 0.4) is 0 Å². The zero-order valence-corrected chi connectivity index (χ0v) is 12.2. The van der Waals surface area contributed by atoms with Crippen LogP contribution in [0.5, 0.6) is 0 Å². The van der Waals surface area contributed by atoms with Crippen molar-refractivity contribution in [1.82, 2.24) is 4.98 Å². The molecular formula is C15H17BrN2. The summed E-state index contributed by atoms with van der Waals surface area (Å²) in [6.45, 7) is 4.22. The van der Waals surface area contributed by atoms with Crippen molar-refractivity contribution in [3.05, 3.63) is 63.4 Å². The number of hydrogen-bond acceptors (Lipinski definition) is 2. The number of hydrogen-bond donors (Lipinski definition) is 1. The molecule has 2 rings (SSSR count). The van der Waals surface area contributed by atoms with E-state index in [1.165, 1.54) is 16.7 Å². The van der Waals surface area contributed by atoms with Gasteiger partial charge in [-0.05, 0) is 53.9 Å². The fourth-order valence-electron chi connectivity index (χ4n) is 2.15. The Morgan fingerprint density at radius 1 is 1.17 bits per heavy atom. The summed E-state index contributed by atoms with van der Waals surface area (Å²) in [5, 5.41) is 0. The first-order valence-corrected chi connectivity index (χ1v) is 6.78. The minimum absolute atomic E-state index is 0.0562. The molecule has 18 heavy (non-hydrogen) atoms. The summed E-state index contributed by atoms with van der Waals surface area (Å²) in [6, 6.07) is 10.4. The summed E-state index contributed by atoms with van der Waals surface area (Å²) in [6.07, 6.45) is 2.60. The molecule has 3 heteroatoms. The van der Waals surface area contributed by atoms with E-state index < -0.39 is 0 Å². The number of benzene rings is 1. The van der Waals surface area contributed by atoms with Gasteiger partial charge in [0.15, 0.2) is 0 Å². The quantitative estimate of drug-likeness (QED) is 0.939. The van der Waals surface area contributed by atoms with Gasteiger partial charge in [0.05, 0.1) is 11.7 Å². The third-order valence-electron chi connectivity index (χ3n) is 2.87. The van der Waals surface area contributed by atoms with Crippen molar-refractivity contribution in [1.29, 1.82) is 0 Å². The molecule has 94 valence electrons. The molecule has 0 saturated heterocycles. The van der Waals surface area contributed by atoms with Gasteiger partial charge in [-0.25, -0.2) is 0 Å². The largest absolute Gasteiger partial charge is 0.322 e. The van der Waals surface area contributed by atoms with Crippen molar-refractivity contribution in [2.75, 3.05) is 0 Å². The maximum atomic E-state index is 6.20. The summed E-state index contributed by atoms with van der Waals surface area (Å²) >= 11 is 3.38. The van der Waals surface area contributed by atoms with Crippen molar-refractivity contribution >= 4 is 15.9 Å². The van der Waals surface area contributed by atoms with Crippen molar-refractivity contribution < 1.29 is 0 Å². The minimum atomic E-state index is -0.0562. The van der Waals surface area contributed by atoms with Crippen LogP contribution < -0.4 is 5.73 Å². The maximum absolute atomic E-state index is 6.20. The Morgan fingerprint density at radius 2 is 1.83 bits per heavy atom. The van der Waals surface area contributed by atoms with Crippen LogP contribution >= 0.6 is 15.9 Å². The number of aryl methyl sites for hydroxylation is 2. The number of nitrogens with two attached hydrogens (primary N) is 1. The Labute approximate surface area is 116 Å². The molecule has 0 spiro atoms. The molecule has 2 N–H and O–H groups in total. The zero-order chi connectivity index (χ0) is 13.1. The summed E-state index contributed by atoms with van der Waals surface area (Å²) in [5.41, 5.74) is 11.0. The van der Waals surface area contributed by atoms with Gasteiger partial charge in [-0.2, -0.15) is 0 Å². The maximum Gasteiger partial charge on any atom is 0.0575 e. The number of rotatable bonds is 3. The number of aromatic nitrogens is 1. The van der Waals surface area contributed by atoms with E-state index in [2.05, 4.69) is 53.0 Å². The van der Waals surface area contributed by atoms with Crippen molar-refractivity contribution in [2.24, 2.45) is 5.73 Å². The lowest BCUT2D eigenvalue weighted by molar-refractivity contribution is 0.695. The van der Waals surface area contributed by atoms with Crippen LogP contribution in [0.1, 0.15) is 28.4 Å². The lowest BCUT2D eigenvalue weighted by Crippen LogP contribution is -2.14. The zero-order valence-electron chi connectivity index (χ0n) is 10.7. The van der Waals surface area contributed by atoms with E-state index in [1.807, 2.05) is 12.1 Å². The molecule has 1 aromatic heterocycles. The Kier molecular flexibility index (Phi) is 4.15. The van der Waals surface area contributed by atoms with E-state index in [9.17, 15) is 0 Å². The Morgan fingerprint density at radius 3 is 2.39 bits per heavy atom. The standard InChI is InChI=1S/C15H17BrN2/c1-10-5-11(2)7-12(6-10)8-14(17)15-4-3-13(16)9-18-15/h3-7,9,14H,8,17H2,1-2H3. The molecule has 2 aromatic rings. The topological polar surface area (TPSA) is 38.9 Å². The molecule has 0 amide bonds. The van der Waals surface area contributed by atoms with Crippen LogP contribution in [0.2, 0.25) is 0 Å². The lowest BCUT2D eigenvalue weighted by atomic mass is 10.00. The van der Waals surface area contributed by atoms with Crippen molar-refractivity contribution in [2.45, 2.75) is 26.3 Å². The van der Waals surface area contributed by atoms with Gasteiger partial charge >= 0.3 is 0 Å². The first-order valence-electron chi connectivity index (χ1n) is 5.99. The molecule has 1 atom stereocenters. The van der Waals surface area contributed by atoms with Crippen LogP contribution in [0.25, 0.3) is 0 Å². The van der Waals surface area contributed by atoms with Crippen LogP contribution in [-0.4, -0.2) is 4.98 Å². The molecule has 0 fully saturated rings. The highest BCUT2D eigenvalue weighted by atomic mass is 79.9. The van der Waals surface area contributed by atoms with E-state index >= 15 is 0 Å². The van der Waals surface area contributed by atoms with Crippen LogP contribution in [0, 0.1) is 13.8 Å². The van der Waals surface area contributed by atoms with Gasteiger partial charge in [0, 0.05) is 10.7 Å². The highest BCUT2D eigenvalue weighted by Gasteiger charge is 2.09. The Bertz CT molecular complexity index is 514. The highest BCUT2D eigenvalue weighted by Crippen LogP contribution is 2.18. The van der Waals surface area contributed by atoms with Crippen molar-refractivity contribution in [3.63, 3.8) is 0 Å². The second kappa shape index (κ2) is 5.63. The average molecular weight is 305 g/mol. The summed E-state index contributed by atoms with van der Waals surface area (Å²) in [7, 11) is 0. The fraction of sp³-hybridized carbons (Fsp3) is 0.267. The molecular weight excluding hydrogens is 288 g/mol. The Hall–Kier alpha value is -1.19. The van der Waals surface area contributed by atoms with Crippen molar-refractivity contribution in [3.8, 4) is 0 Å². The van der Waals surface area contributed by atoms with Gasteiger partial charge in [0.1, 0.15) is 0 Å². The Balaban J connectivity index is 2.15. The molecule has 2 nitrogen and oxygen atoms in total. The van der Waals surface area contributed by atoms with Gasteiger partial charge in [-0.15, -0.1) is 0 Å². The third kappa shape index (κ3) is 3.40. The van der Waals surface area contributed by atoms with Gasteiger partial charge in [-0.3, -0.25) is 4.98 Å². The molecule has 0 saturated carbocycles. The molecule has 0 aliphatic rings. The monoisotopic (exact) mass is 304 g/mol.